The van der Waals surface area contributed by atoms with E-state index < -0.39 is 0 Å². The van der Waals surface area contributed by atoms with E-state index in [2.05, 4.69) is 17.2 Å². The zero-order valence-electron chi connectivity index (χ0n) is 10.7. The predicted molar refractivity (Wildman–Crippen MR) is 76.8 cm³/mol. The molecule has 0 unspecified atom stereocenters. The largest absolute Gasteiger partial charge is 0.452 e. The van der Waals surface area contributed by atoms with Crippen molar-refractivity contribution < 1.29 is 14.3 Å². The van der Waals surface area contributed by atoms with Crippen molar-refractivity contribution in [2.75, 3.05) is 11.9 Å². The van der Waals surface area contributed by atoms with Gasteiger partial charge in [0.1, 0.15) is 6.61 Å². The first-order valence-electron chi connectivity index (χ1n) is 5.86. The lowest BCUT2D eigenvalue weighted by Crippen LogP contribution is -2.11. The summed E-state index contributed by atoms with van der Waals surface area (Å²) in [5, 5.41) is 11.5. The number of aliphatic hydroxyl groups excluding tert-OH is 1. The Labute approximate surface area is 121 Å². The lowest BCUT2D eigenvalue weighted by Gasteiger charge is -2.06. The van der Waals surface area contributed by atoms with Crippen LogP contribution in [0.1, 0.15) is 21.5 Å². The van der Waals surface area contributed by atoms with Crippen LogP contribution < -0.4 is 5.32 Å². The number of aliphatic hydroxyl groups is 1. The van der Waals surface area contributed by atoms with Crippen LogP contribution in [-0.2, 0) is 0 Å². The molecule has 2 aromatic rings. The molecule has 0 aliphatic heterocycles. The fraction of sp³-hybridized carbons (Fsp3) is 0.133. The number of carbonyl (C=O) groups is 1. The third-order valence-electron chi connectivity index (χ3n) is 2.51. The Hall–Kier alpha value is -2.22. The van der Waals surface area contributed by atoms with Crippen molar-refractivity contribution >= 4 is 23.2 Å². The summed E-state index contributed by atoms with van der Waals surface area (Å²) in [7, 11) is 0. The number of benzene rings is 1. The summed E-state index contributed by atoms with van der Waals surface area (Å²) in [6, 6.07) is 6.90. The molecule has 102 valence electrons. The second kappa shape index (κ2) is 6.29. The first kappa shape index (κ1) is 14.2. The Balaban J connectivity index is 2.23. The number of aryl methyl sites for hydroxylation is 1. The van der Waals surface area contributed by atoms with Gasteiger partial charge in [-0.2, -0.15) is 0 Å². The maximum absolute atomic E-state index is 12.0. The van der Waals surface area contributed by atoms with Gasteiger partial charge in [0.25, 0.3) is 5.91 Å². The minimum atomic E-state index is -0.351. The number of furan rings is 1. The second-order valence-electron chi connectivity index (χ2n) is 4.11. The van der Waals surface area contributed by atoms with E-state index in [1.54, 1.807) is 6.07 Å². The lowest BCUT2D eigenvalue weighted by atomic mass is 10.1. The average molecular weight is 290 g/mol. The lowest BCUT2D eigenvalue weighted by molar-refractivity contribution is 0.102. The molecule has 0 saturated carbocycles. The van der Waals surface area contributed by atoms with Gasteiger partial charge in [-0.05, 0) is 48.4 Å². The molecule has 2 rings (SSSR count). The van der Waals surface area contributed by atoms with Crippen molar-refractivity contribution in [3.63, 3.8) is 0 Å². The molecule has 1 amide bonds. The summed E-state index contributed by atoms with van der Waals surface area (Å²) >= 11 is 5.75. The first-order chi connectivity index (χ1) is 9.60. The van der Waals surface area contributed by atoms with Gasteiger partial charge in [-0.15, -0.1) is 0 Å². The van der Waals surface area contributed by atoms with E-state index in [9.17, 15) is 4.79 Å². The smallest absolute Gasteiger partial charge is 0.260 e. The molecule has 0 fully saturated rings. The number of hydrogen-bond acceptors (Lipinski definition) is 3. The van der Waals surface area contributed by atoms with Gasteiger partial charge < -0.3 is 14.8 Å². The molecule has 20 heavy (non-hydrogen) atoms. The van der Waals surface area contributed by atoms with Crippen LogP contribution in [-0.4, -0.2) is 17.6 Å². The molecule has 1 aromatic carbocycles. The number of halogens is 1. The van der Waals surface area contributed by atoms with E-state index in [-0.39, 0.29) is 23.3 Å². The highest BCUT2D eigenvalue weighted by atomic mass is 35.5. The van der Waals surface area contributed by atoms with Gasteiger partial charge in [0, 0.05) is 11.3 Å². The highest BCUT2D eigenvalue weighted by molar-refractivity contribution is 6.32. The third kappa shape index (κ3) is 3.41. The molecule has 0 aliphatic rings. The normalized spacial score (nSPS) is 9.75. The minimum absolute atomic E-state index is 0.0513. The summed E-state index contributed by atoms with van der Waals surface area (Å²) in [5.41, 5.74) is 2.54. The van der Waals surface area contributed by atoms with Crippen LogP contribution in [0, 0.1) is 18.8 Å². The van der Waals surface area contributed by atoms with Gasteiger partial charge in [0.15, 0.2) is 0 Å². The van der Waals surface area contributed by atoms with Crippen molar-refractivity contribution in [3.05, 3.63) is 52.4 Å². The summed E-state index contributed by atoms with van der Waals surface area (Å²) in [4.78, 5) is 12.0. The van der Waals surface area contributed by atoms with Gasteiger partial charge in [-0.1, -0.05) is 11.8 Å². The number of nitrogens with one attached hydrogen (secondary N) is 1. The summed E-state index contributed by atoms with van der Waals surface area (Å²) in [5.74, 6) is 5.01. The zero-order valence-corrected chi connectivity index (χ0v) is 11.5. The van der Waals surface area contributed by atoms with Crippen molar-refractivity contribution in [1.82, 2.24) is 0 Å². The van der Waals surface area contributed by atoms with Crippen LogP contribution >= 0.6 is 11.6 Å². The molecule has 4 nitrogen and oxygen atoms in total. The van der Waals surface area contributed by atoms with Crippen molar-refractivity contribution in [1.29, 1.82) is 0 Å². The van der Waals surface area contributed by atoms with Crippen LogP contribution in [0.2, 0.25) is 5.22 Å². The topological polar surface area (TPSA) is 62.5 Å². The molecule has 5 heteroatoms. The minimum Gasteiger partial charge on any atom is -0.452 e. The van der Waals surface area contributed by atoms with Crippen LogP contribution in [0.15, 0.2) is 34.9 Å². The molecule has 0 saturated heterocycles. The highest BCUT2D eigenvalue weighted by Crippen LogP contribution is 2.20. The van der Waals surface area contributed by atoms with Crippen LogP contribution in [0.3, 0.4) is 0 Å². The van der Waals surface area contributed by atoms with E-state index in [1.165, 1.54) is 12.3 Å². The van der Waals surface area contributed by atoms with E-state index in [1.807, 2.05) is 19.1 Å². The van der Waals surface area contributed by atoms with Crippen LogP contribution in [0.5, 0.6) is 0 Å². The van der Waals surface area contributed by atoms with Gasteiger partial charge in [-0.3, -0.25) is 4.79 Å². The van der Waals surface area contributed by atoms with Crippen molar-refractivity contribution in [3.8, 4) is 11.8 Å². The molecule has 0 bridgehead atoms. The molecule has 0 atom stereocenters. The fourth-order valence-electron chi connectivity index (χ4n) is 1.72. The zero-order chi connectivity index (χ0) is 14.5. The summed E-state index contributed by atoms with van der Waals surface area (Å²) in [6.45, 7) is 1.69. The van der Waals surface area contributed by atoms with Gasteiger partial charge in [0.2, 0.25) is 5.22 Å². The van der Waals surface area contributed by atoms with Crippen molar-refractivity contribution in [2.24, 2.45) is 0 Å². The number of carbonyl (C=O) groups excluding carboxylic acids is 1. The Bertz CT molecular complexity index is 695. The van der Waals surface area contributed by atoms with Crippen molar-refractivity contribution in [2.45, 2.75) is 6.92 Å². The molecular formula is C15H12ClNO3. The Morgan fingerprint density at radius 3 is 2.90 bits per heavy atom. The Kier molecular flexibility index (Phi) is 4.46. The molecular weight excluding hydrogens is 278 g/mol. The van der Waals surface area contributed by atoms with E-state index in [4.69, 9.17) is 21.1 Å². The number of anilines is 1. The maximum atomic E-state index is 12.0. The van der Waals surface area contributed by atoms with E-state index in [0.29, 0.717) is 11.3 Å². The third-order valence-corrected chi connectivity index (χ3v) is 2.80. The van der Waals surface area contributed by atoms with E-state index in [0.717, 1.165) is 5.56 Å². The quantitative estimate of drug-likeness (QED) is 0.836. The van der Waals surface area contributed by atoms with Gasteiger partial charge in [0.05, 0.1) is 11.8 Å². The van der Waals surface area contributed by atoms with Crippen LogP contribution in [0.25, 0.3) is 0 Å². The van der Waals surface area contributed by atoms with Gasteiger partial charge >= 0.3 is 0 Å². The molecule has 1 aromatic heterocycles. The molecule has 2 N–H and O–H groups in total. The summed E-state index contributed by atoms with van der Waals surface area (Å²) < 4.78 is 4.88. The van der Waals surface area contributed by atoms with Crippen LogP contribution in [0.4, 0.5) is 5.69 Å². The fourth-order valence-corrected chi connectivity index (χ4v) is 1.92. The molecule has 0 radical (unpaired) electrons. The number of amides is 1. The highest BCUT2D eigenvalue weighted by Gasteiger charge is 2.13. The van der Waals surface area contributed by atoms with Gasteiger partial charge in [-0.25, -0.2) is 0 Å². The predicted octanol–water partition coefficient (Wildman–Crippen LogP) is 2.84. The number of hydrogen-bond donors (Lipinski definition) is 2. The Morgan fingerprint density at radius 2 is 2.25 bits per heavy atom. The molecule has 0 spiro atoms. The monoisotopic (exact) mass is 289 g/mol. The maximum Gasteiger partial charge on any atom is 0.260 e. The molecule has 1 heterocycles. The summed E-state index contributed by atoms with van der Waals surface area (Å²) in [6.07, 6.45) is 1.35. The first-order valence-corrected chi connectivity index (χ1v) is 6.23. The SMILES string of the molecule is Cc1cc(C#CCO)cc(NC(=O)c2ccoc2Cl)c1. The Morgan fingerprint density at radius 1 is 1.45 bits per heavy atom. The second-order valence-corrected chi connectivity index (χ2v) is 4.45. The standard InChI is InChI=1S/C15H12ClNO3/c1-10-7-11(3-2-5-18)9-12(8-10)17-15(19)13-4-6-20-14(13)16/h4,6-9,18H,5H2,1H3,(H,17,19). The number of rotatable bonds is 2. The molecule has 0 aliphatic carbocycles. The van der Waals surface area contributed by atoms with E-state index >= 15 is 0 Å². The average Bonchev–Trinajstić information content (AvgIpc) is 2.82.